The standard InChI is InChI=1S/C14H11ClF2N2S/c1-7-9(15)3-2-4-12(7)19-13-10(16)5-8(14(18)20)6-11(13)17/h2-6,19H,1H3,(H2,18,20). The van der Waals surface area contributed by atoms with Crippen LogP contribution in [-0.4, -0.2) is 4.99 Å². The monoisotopic (exact) mass is 312 g/mol. The maximum atomic E-state index is 13.9. The Labute approximate surface area is 125 Å². The molecular formula is C14H11ClF2N2S. The number of benzene rings is 2. The normalized spacial score (nSPS) is 10.4. The molecule has 0 aliphatic heterocycles. The first-order chi connectivity index (χ1) is 9.40. The molecule has 0 spiro atoms. The fraction of sp³-hybridized carbons (Fsp3) is 0.0714. The zero-order chi connectivity index (χ0) is 14.9. The lowest BCUT2D eigenvalue weighted by Gasteiger charge is -2.13. The highest BCUT2D eigenvalue weighted by Gasteiger charge is 2.14. The summed E-state index contributed by atoms with van der Waals surface area (Å²) in [5.41, 5.74) is 6.46. The first-order valence-electron chi connectivity index (χ1n) is 5.71. The minimum atomic E-state index is -0.771. The Balaban J connectivity index is 2.44. The molecule has 0 radical (unpaired) electrons. The van der Waals surface area contributed by atoms with Crippen molar-refractivity contribution in [3.05, 3.63) is 58.1 Å². The van der Waals surface area contributed by atoms with Crippen LogP contribution in [0, 0.1) is 18.6 Å². The van der Waals surface area contributed by atoms with Gasteiger partial charge >= 0.3 is 0 Å². The summed E-state index contributed by atoms with van der Waals surface area (Å²) in [5.74, 6) is -1.54. The van der Waals surface area contributed by atoms with E-state index in [-0.39, 0.29) is 16.2 Å². The Morgan fingerprint density at radius 1 is 1.25 bits per heavy atom. The maximum Gasteiger partial charge on any atom is 0.150 e. The topological polar surface area (TPSA) is 38.0 Å². The molecule has 0 bridgehead atoms. The van der Waals surface area contributed by atoms with E-state index in [0.29, 0.717) is 16.3 Å². The average molecular weight is 313 g/mol. The Morgan fingerprint density at radius 3 is 2.40 bits per heavy atom. The van der Waals surface area contributed by atoms with Gasteiger partial charge in [-0.2, -0.15) is 0 Å². The summed E-state index contributed by atoms with van der Waals surface area (Å²) in [7, 11) is 0. The number of thiocarbonyl (C=S) groups is 1. The van der Waals surface area contributed by atoms with Crippen molar-refractivity contribution in [3.8, 4) is 0 Å². The van der Waals surface area contributed by atoms with Crippen molar-refractivity contribution >= 4 is 40.2 Å². The highest BCUT2D eigenvalue weighted by molar-refractivity contribution is 7.80. The Morgan fingerprint density at radius 2 is 1.85 bits per heavy atom. The van der Waals surface area contributed by atoms with Crippen LogP contribution in [-0.2, 0) is 0 Å². The molecule has 2 aromatic rings. The van der Waals surface area contributed by atoms with Crippen molar-refractivity contribution in [3.63, 3.8) is 0 Å². The smallest absolute Gasteiger partial charge is 0.150 e. The lowest BCUT2D eigenvalue weighted by molar-refractivity contribution is 0.590. The molecule has 0 saturated heterocycles. The van der Waals surface area contributed by atoms with Gasteiger partial charge in [-0.3, -0.25) is 0 Å². The molecule has 104 valence electrons. The van der Waals surface area contributed by atoms with Crippen LogP contribution in [0.2, 0.25) is 5.02 Å². The van der Waals surface area contributed by atoms with E-state index in [1.54, 1.807) is 25.1 Å². The first kappa shape index (κ1) is 14.7. The predicted octanol–water partition coefficient (Wildman–Crippen LogP) is 4.30. The third-order valence-corrected chi connectivity index (χ3v) is 3.50. The van der Waals surface area contributed by atoms with Crippen LogP contribution in [0.3, 0.4) is 0 Å². The molecule has 20 heavy (non-hydrogen) atoms. The third kappa shape index (κ3) is 2.89. The minimum Gasteiger partial charge on any atom is -0.389 e. The molecule has 0 fully saturated rings. The molecule has 0 unspecified atom stereocenters. The van der Waals surface area contributed by atoms with E-state index in [2.05, 4.69) is 5.32 Å². The van der Waals surface area contributed by atoms with Crippen LogP contribution < -0.4 is 11.1 Å². The SMILES string of the molecule is Cc1c(Cl)cccc1Nc1c(F)cc(C(N)=S)cc1F. The molecule has 0 atom stereocenters. The molecule has 0 amide bonds. The van der Waals surface area contributed by atoms with E-state index < -0.39 is 11.6 Å². The predicted molar refractivity (Wildman–Crippen MR) is 81.7 cm³/mol. The zero-order valence-electron chi connectivity index (χ0n) is 10.5. The summed E-state index contributed by atoms with van der Waals surface area (Å²) in [6.07, 6.45) is 0. The van der Waals surface area contributed by atoms with Gasteiger partial charge in [-0.25, -0.2) is 8.78 Å². The van der Waals surface area contributed by atoms with Gasteiger partial charge in [0, 0.05) is 16.3 Å². The van der Waals surface area contributed by atoms with Crippen molar-refractivity contribution in [2.75, 3.05) is 5.32 Å². The number of nitrogens with one attached hydrogen (secondary N) is 1. The molecule has 2 nitrogen and oxygen atoms in total. The van der Waals surface area contributed by atoms with Crippen LogP contribution >= 0.6 is 23.8 Å². The Kier molecular flexibility index (Phi) is 4.20. The molecule has 0 aromatic heterocycles. The van der Waals surface area contributed by atoms with E-state index in [0.717, 1.165) is 12.1 Å². The minimum absolute atomic E-state index is 0.0618. The van der Waals surface area contributed by atoms with Crippen molar-refractivity contribution in [1.82, 2.24) is 0 Å². The maximum absolute atomic E-state index is 13.9. The average Bonchev–Trinajstić information content (AvgIpc) is 2.38. The van der Waals surface area contributed by atoms with Crippen LogP contribution in [0.4, 0.5) is 20.2 Å². The van der Waals surface area contributed by atoms with E-state index in [9.17, 15) is 8.78 Å². The van der Waals surface area contributed by atoms with Gasteiger partial charge in [0.05, 0.1) is 0 Å². The van der Waals surface area contributed by atoms with Crippen LogP contribution in [0.15, 0.2) is 30.3 Å². The summed E-state index contributed by atoms with van der Waals surface area (Å²) < 4.78 is 27.9. The number of rotatable bonds is 3. The van der Waals surface area contributed by atoms with Crippen LogP contribution in [0.25, 0.3) is 0 Å². The molecule has 0 aliphatic carbocycles. The summed E-state index contributed by atoms with van der Waals surface area (Å²) in [6, 6.07) is 7.25. The quantitative estimate of drug-likeness (QED) is 0.830. The fourth-order valence-corrected chi connectivity index (χ4v) is 2.00. The Bertz CT molecular complexity index is 666. The van der Waals surface area contributed by atoms with E-state index in [1.807, 2.05) is 0 Å². The largest absolute Gasteiger partial charge is 0.389 e. The lowest BCUT2D eigenvalue weighted by Crippen LogP contribution is -2.11. The Hall–Kier alpha value is -1.72. The van der Waals surface area contributed by atoms with Gasteiger partial charge in [-0.1, -0.05) is 29.9 Å². The molecule has 0 heterocycles. The van der Waals surface area contributed by atoms with Crippen molar-refractivity contribution < 1.29 is 8.78 Å². The second-order valence-electron chi connectivity index (χ2n) is 4.22. The molecule has 3 N–H and O–H groups in total. The summed E-state index contributed by atoms with van der Waals surface area (Å²) in [6.45, 7) is 1.75. The summed E-state index contributed by atoms with van der Waals surface area (Å²) >= 11 is 10.7. The number of halogens is 3. The van der Waals surface area contributed by atoms with E-state index in [1.165, 1.54) is 0 Å². The van der Waals surface area contributed by atoms with Crippen molar-refractivity contribution in [1.29, 1.82) is 0 Å². The van der Waals surface area contributed by atoms with E-state index >= 15 is 0 Å². The van der Waals surface area contributed by atoms with Crippen molar-refractivity contribution in [2.45, 2.75) is 6.92 Å². The molecule has 2 rings (SSSR count). The second kappa shape index (κ2) is 5.73. The van der Waals surface area contributed by atoms with Gasteiger partial charge < -0.3 is 11.1 Å². The third-order valence-electron chi connectivity index (χ3n) is 2.85. The van der Waals surface area contributed by atoms with Crippen LogP contribution in [0.5, 0.6) is 0 Å². The summed E-state index contributed by atoms with van der Waals surface area (Å²) in [4.78, 5) is -0.0618. The second-order valence-corrected chi connectivity index (χ2v) is 5.06. The summed E-state index contributed by atoms with van der Waals surface area (Å²) in [5, 5.41) is 3.21. The highest BCUT2D eigenvalue weighted by atomic mass is 35.5. The van der Waals surface area contributed by atoms with Crippen LogP contribution in [0.1, 0.15) is 11.1 Å². The van der Waals surface area contributed by atoms with Gasteiger partial charge in [0.15, 0.2) is 0 Å². The molecule has 0 aliphatic rings. The van der Waals surface area contributed by atoms with Gasteiger partial charge in [0.25, 0.3) is 0 Å². The lowest BCUT2D eigenvalue weighted by atomic mass is 10.1. The number of anilines is 2. The number of nitrogens with two attached hydrogens (primary N) is 1. The number of hydrogen-bond donors (Lipinski definition) is 2. The van der Waals surface area contributed by atoms with E-state index in [4.69, 9.17) is 29.6 Å². The molecular weight excluding hydrogens is 302 g/mol. The molecule has 0 saturated carbocycles. The number of hydrogen-bond acceptors (Lipinski definition) is 2. The van der Waals surface area contributed by atoms with Gasteiger partial charge in [0.1, 0.15) is 22.3 Å². The highest BCUT2D eigenvalue weighted by Crippen LogP contribution is 2.29. The zero-order valence-corrected chi connectivity index (χ0v) is 12.1. The van der Waals surface area contributed by atoms with Gasteiger partial charge in [0.2, 0.25) is 0 Å². The molecule has 2 aromatic carbocycles. The molecule has 6 heteroatoms. The van der Waals surface area contributed by atoms with Crippen molar-refractivity contribution in [2.24, 2.45) is 5.73 Å². The van der Waals surface area contributed by atoms with Gasteiger partial charge in [-0.05, 0) is 36.8 Å². The van der Waals surface area contributed by atoms with Gasteiger partial charge in [-0.15, -0.1) is 0 Å². The fourth-order valence-electron chi connectivity index (χ4n) is 1.71. The first-order valence-corrected chi connectivity index (χ1v) is 6.49.